The van der Waals surface area contributed by atoms with Crippen molar-refractivity contribution < 1.29 is 18.7 Å². The Morgan fingerprint density at radius 2 is 1.89 bits per heavy atom. The first kappa shape index (κ1) is 19.3. The van der Waals surface area contributed by atoms with Crippen molar-refractivity contribution in [3.05, 3.63) is 57.6 Å². The van der Waals surface area contributed by atoms with Crippen LogP contribution < -0.4 is 15.1 Å². The van der Waals surface area contributed by atoms with E-state index in [2.05, 4.69) is 14.5 Å². The predicted molar refractivity (Wildman–Crippen MR) is 101 cm³/mol. The highest BCUT2D eigenvalue weighted by atomic mass is 35.5. The monoisotopic (exact) mass is 392 g/mol. The van der Waals surface area contributed by atoms with Gasteiger partial charge < -0.3 is 18.8 Å². The normalized spacial score (nSPS) is 14.8. The molecule has 0 amide bonds. The van der Waals surface area contributed by atoms with E-state index in [1.54, 1.807) is 0 Å². The van der Waals surface area contributed by atoms with Crippen LogP contribution in [-0.4, -0.2) is 50.8 Å². The third-order valence-electron chi connectivity index (χ3n) is 4.37. The largest absolute Gasteiger partial charge is 0.475 e. The number of methoxy groups -OCH3 is 1. The van der Waals surface area contributed by atoms with E-state index in [9.17, 15) is 9.59 Å². The van der Waals surface area contributed by atoms with E-state index >= 15 is 0 Å². The zero-order valence-electron chi connectivity index (χ0n) is 15.0. The summed E-state index contributed by atoms with van der Waals surface area (Å²) in [6, 6.07) is 9.22. The van der Waals surface area contributed by atoms with Crippen molar-refractivity contribution in [2.75, 3.05) is 44.8 Å². The maximum Gasteiger partial charge on any atom is 0.343 e. The van der Waals surface area contributed by atoms with Crippen LogP contribution in [0.25, 0.3) is 0 Å². The molecular weight excluding hydrogens is 372 g/mol. The highest BCUT2D eigenvalue weighted by Gasteiger charge is 2.18. The number of benzene rings is 1. The van der Waals surface area contributed by atoms with Gasteiger partial charge in [-0.05, 0) is 24.3 Å². The van der Waals surface area contributed by atoms with Crippen LogP contribution in [0.1, 0.15) is 5.76 Å². The summed E-state index contributed by atoms with van der Waals surface area (Å²) in [5.41, 5.74) is 0.831. The summed E-state index contributed by atoms with van der Waals surface area (Å²) in [5.74, 6) is -0.000830. The number of hydrogen-bond donors (Lipinski definition) is 0. The molecule has 1 aliphatic rings. The Kier molecular flexibility index (Phi) is 6.36. The van der Waals surface area contributed by atoms with Crippen molar-refractivity contribution in [2.45, 2.75) is 6.54 Å². The van der Waals surface area contributed by atoms with Gasteiger partial charge in [-0.2, -0.15) is 0 Å². The van der Waals surface area contributed by atoms with E-state index in [1.807, 2.05) is 24.3 Å². The number of nitrogens with zero attached hydrogens (tertiary/aromatic N) is 2. The van der Waals surface area contributed by atoms with Gasteiger partial charge >= 0.3 is 5.97 Å². The summed E-state index contributed by atoms with van der Waals surface area (Å²) in [5, 5.41) is 0.728. The molecule has 144 valence electrons. The van der Waals surface area contributed by atoms with Crippen LogP contribution in [-0.2, 0) is 16.1 Å². The molecule has 0 saturated carbocycles. The minimum absolute atomic E-state index is 0.00305. The van der Waals surface area contributed by atoms with Crippen LogP contribution in [0, 0.1) is 0 Å². The fourth-order valence-electron chi connectivity index (χ4n) is 2.86. The fourth-order valence-corrected chi connectivity index (χ4v) is 2.98. The van der Waals surface area contributed by atoms with Gasteiger partial charge in [0.2, 0.25) is 11.2 Å². The van der Waals surface area contributed by atoms with E-state index in [0.717, 1.165) is 36.9 Å². The van der Waals surface area contributed by atoms with E-state index < -0.39 is 5.97 Å². The Balaban J connectivity index is 1.52. The lowest BCUT2D eigenvalue weighted by atomic mass is 10.2. The third kappa shape index (κ3) is 5.24. The molecular formula is C19H21ClN2O5. The first-order valence-electron chi connectivity index (χ1n) is 8.59. The number of esters is 1. The Labute approximate surface area is 162 Å². The highest BCUT2D eigenvalue weighted by molar-refractivity contribution is 6.30. The molecule has 2 heterocycles. The van der Waals surface area contributed by atoms with Crippen molar-refractivity contribution in [1.82, 2.24) is 4.90 Å². The standard InChI is InChI=1S/C19H21ClN2O5/c1-25-19(24)13-27-18-12-26-16(10-17(18)23)11-21-6-8-22(9-7-21)15-4-2-14(20)3-5-15/h2-5,10,12H,6-9,11,13H2,1H3. The van der Waals surface area contributed by atoms with Gasteiger partial charge in [-0.25, -0.2) is 4.79 Å². The molecule has 8 heteroatoms. The summed E-state index contributed by atoms with van der Waals surface area (Å²) in [4.78, 5) is 27.7. The lowest BCUT2D eigenvalue weighted by molar-refractivity contribution is -0.142. The summed E-state index contributed by atoms with van der Waals surface area (Å²) in [6.45, 7) is 3.69. The summed E-state index contributed by atoms with van der Waals surface area (Å²) < 4.78 is 15.0. The van der Waals surface area contributed by atoms with Crippen LogP contribution in [0.2, 0.25) is 5.02 Å². The van der Waals surface area contributed by atoms with Crippen LogP contribution >= 0.6 is 11.6 Å². The van der Waals surface area contributed by atoms with Crippen molar-refractivity contribution >= 4 is 23.3 Å². The molecule has 0 bridgehead atoms. The van der Waals surface area contributed by atoms with E-state index in [1.165, 1.54) is 19.4 Å². The molecule has 0 radical (unpaired) electrons. The number of carbonyl (C=O) groups is 1. The van der Waals surface area contributed by atoms with Crippen LogP contribution in [0.15, 0.2) is 45.8 Å². The fraction of sp³-hybridized carbons (Fsp3) is 0.368. The van der Waals surface area contributed by atoms with Gasteiger partial charge in [0.1, 0.15) is 12.0 Å². The van der Waals surface area contributed by atoms with Gasteiger partial charge in [0.15, 0.2) is 6.61 Å². The number of ether oxygens (including phenoxy) is 2. The van der Waals surface area contributed by atoms with Crippen LogP contribution in [0.3, 0.4) is 0 Å². The molecule has 0 N–H and O–H groups in total. The number of piperazine rings is 1. The van der Waals surface area contributed by atoms with Gasteiger partial charge in [-0.1, -0.05) is 11.6 Å². The lowest BCUT2D eigenvalue weighted by Gasteiger charge is -2.35. The second-order valence-electron chi connectivity index (χ2n) is 6.18. The Morgan fingerprint density at radius 3 is 2.52 bits per heavy atom. The van der Waals surface area contributed by atoms with Crippen molar-refractivity contribution in [3.63, 3.8) is 0 Å². The van der Waals surface area contributed by atoms with Gasteiger partial charge in [0.25, 0.3) is 0 Å². The third-order valence-corrected chi connectivity index (χ3v) is 4.62. The zero-order valence-corrected chi connectivity index (χ0v) is 15.8. The summed E-state index contributed by atoms with van der Waals surface area (Å²) in [6.07, 6.45) is 1.24. The zero-order chi connectivity index (χ0) is 19.2. The van der Waals surface area contributed by atoms with Gasteiger partial charge in [-0.15, -0.1) is 0 Å². The average molecular weight is 393 g/mol. The van der Waals surface area contributed by atoms with Crippen molar-refractivity contribution in [3.8, 4) is 5.75 Å². The number of carbonyl (C=O) groups excluding carboxylic acids is 1. The Hall–Kier alpha value is -2.51. The first-order chi connectivity index (χ1) is 13.0. The first-order valence-corrected chi connectivity index (χ1v) is 8.97. The van der Waals surface area contributed by atoms with Gasteiger partial charge in [-0.3, -0.25) is 9.69 Å². The van der Waals surface area contributed by atoms with Crippen molar-refractivity contribution in [2.24, 2.45) is 0 Å². The molecule has 0 unspecified atom stereocenters. The molecule has 0 atom stereocenters. The molecule has 0 aliphatic carbocycles. The van der Waals surface area contributed by atoms with E-state index in [-0.39, 0.29) is 17.8 Å². The van der Waals surface area contributed by atoms with Crippen LogP contribution in [0.4, 0.5) is 5.69 Å². The SMILES string of the molecule is COC(=O)COc1coc(CN2CCN(c3ccc(Cl)cc3)CC2)cc1=O. The average Bonchev–Trinajstić information content (AvgIpc) is 2.68. The molecule has 0 spiro atoms. The molecule has 1 saturated heterocycles. The maximum atomic E-state index is 12.1. The molecule has 3 rings (SSSR count). The molecule has 1 aromatic heterocycles. The second kappa shape index (κ2) is 8.92. The molecule has 1 fully saturated rings. The molecule has 1 aliphatic heterocycles. The second-order valence-corrected chi connectivity index (χ2v) is 6.62. The Bertz CT molecular complexity index is 829. The summed E-state index contributed by atoms with van der Waals surface area (Å²) >= 11 is 5.94. The minimum atomic E-state index is -0.558. The highest BCUT2D eigenvalue weighted by Crippen LogP contribution is 2.20. The van der Waals surface area contributed by atoms with Gasteiger partial charge in [0.05, 0.1) is 13.7 Å². The molecule has 27 heavy (non-hydrogen) atoms. The number of anilines is 1. The van der Waals surface area contributed by atoms with E-state index in [0.29, 0.717) is 12.3 Å². The van der Waals surface area contributed by atoms with Crippen LogP contribution in [0.5, 0.6) is 5.75 Å². The Morgan fingerprint density at radius 1 is 1.19 bits per heavy atom. The topological polar surface area (TPSA) is 72.2 Å². The minimum Gasteiger partial charge on any atom is -0.475 e. The number of hydrogen-bond acceptors (Lipinski definition) is 7. The smallest absolute Gasteiger partial charge is 0.343 e. The predicted octanol–water partition coefficient (Wildman–Crippen LogP) is 2.17. The lowest BCUT2D eigenvalue weighted by Crippen LogP contribution is -2.46. The van der Waals surface area contributed by atoms with Crippen molar-refractivity contribution in [1.29, 1.82) is 0 Å². The maximum absolute atomic E-state index is 12.1. The molecule has 2 aromatic rings. The number of rotatable bonds is 6. The summed E-state index contributed by atoms with van der Waals surface area (Å²) in [7, 11) is 1.25. The number of halogens is 1. The van der Waals surface area contributed by atoms with Gasteiger partial charge in [0, 0.05) is 43.0 Å². The molecule has 7 nitrogen and oxygen atoms in total. The quantitative estimate of drug-likeness (QED) is 0.697. The molecule has 1 aromatic carbocycles. The van der Waals surface area contributed by atoms with E-state index in [4.69, 9.17) is 20.8 Å².